The average Bonchev–Trinajstić information content (AvgIpc) is 2.86. The van der Waals surface area contributed by atoms with Gasteiger partial charge in [0.05, 0.1) is 19.1 Å². The Bertz CT molecular complexity index is 760. The topological polar surface area (TPSA) is 47.6 Å². The van der Waals surface area contributed by atoms with Crippen molar-refractivity contribution in [3.05, 3.63) is 52.0 Å². The molecule has 0 bridgehead atoms. The molecule has 1 aliphatic heterocycles. The maximum absolute atomic E-state index is 12.3. The Kier molecular flexibility index (Phi) is 5.09. The summed E-state index contributed by atoms with van der Waals surface area (Å²) in [6, 6.07) is 11.8. The number of carbonyl (C=O) groups is 1. The van der Waals surface area contributed by atoms with Crippen LogP contribution in [0, 0.1) is 0 Å². The Balaban J connectivity index is 1.87. The Labute approximate surface area is 150 Å². The number of rotatable bonds is 6. The Hall–Kier alpha value is -2.01. The predicted molar refractivity (Wildman–Crippen MR) is 98.0 cm³/mol. The molecule has 1 heterocycles. The van der Waals surface area contributed by atoms with Crippen LogP contribution in [-0.2, 0) is 11.2 Å². The highest BCUT2D eigenvalue weighted by Gasteiger charge is 2.30. The second-order valence-corrected chi connectivity index (χ2v) is 6.54. The number of amides is 1. The number of ether oxygens (including phenoxy) is 2. The van der Waals surface area contributed by atoms with Crippen molar-refractivity contribution in [2.75, 3.05) is 18.5 Å². The molecule has 0 fully saturated rings. The number of fused-ring (bicyclic) bond motifs is 1. The highest BCUT2D eigenvalue weighted by molar-refractivity contribution is 9.10. The minimum atomic E-state index is -0.190. The van der Waals surface area contributed by atoms with Gasteiger partial charge in [0.15, 0.2) is 11.5 Å². The molecule has 5 heteroatoms. The van der Waals surface area contributed by atoms with Gasteiger partial charge in [-0.1, -0.05) is 22.0 Å². The van der Waals surface area contributed by atoms with Crippen LogP contribution in [0.2, 0.25) is 0 Å². The zero-order valence-corrected chi connectivity index (χ0v) is 15.4. The molecule has 1 aliphatic rings. The van der Waals surface area contributed by atoms with Crippen molar-refractivity contribution >= 4 is 27.5 Å². The lowest BCUT2D eigenvalue weighted by Gasteiger charge is -2.14. The summed E-state index contributed by atoms with van der Waals surface area (Å²) >= 11 is 3.48. The molecule has 0 unspecified atom stereocenters. The third-order valence-electron chi connectivity index (χ3n) is 4.01. The zero-order chi connectivity index (χ0) is 17.1. The molecule has 0 aliphatic carbocycles. The van der Waals surface area contributed by atoms with Gasteiger partial charge in [-0.15, -0.1) is 0 Å². The SMILES string of the molecule is CCOc1ccc(C[C@H]2C(=O)Nc3ccc(Br)cc32)cc1OCC. The van der Waals surface area contributed by atoms with Gasteiger partial charge in [0.2, 0.25) is 5.91 Å². The maximum atomic E-state index is 12.3. The average molecular weight is 390 g/mol. The molecule has 4 nitrogen and oxygen atoms in total. The molecule has 0 spiro atoms. The number of hydrogen-bond acceptors (Lipinski definition) is 3. The first-order valence-corrected chi connectivity index (χ1v) is 8.90. The van der Waals surface area contributed by atoms with Gasteiger partial charge in [0, 0.05) is 10.2 Å². The monoisotopic (exact) mass is 389 g/mol. The summed E-state index contributed by atoms with van der Waals surface area (Å²) in [5.41, 5.74) is 2.97. The van der Waals surface area contributed by atoms with Gasteiger partial charge in [0.25, 0.3) is 0 Å². The molecule has 0 saturated carbocycles. The van der Waals surface area contributed by atoms with E-state index >= 15 is 0 Å². The van der Waals surface area contributed by atoms with Gasteiger partial charge >= 0.3 is 0 Å². The van der Waals surface area contributed by atoms with Gasteiger partial charge in [-0.2, -0.15) is 0 Å². The van der Waals surface area contributed by atoms with E-state index in [1.165, 1.54) is 0 Å². The van der Waals surface area contributed by atoms with Crippen molar-refractivity contribution in [2.45, 2.75) is 26.2 Å². The van der Waals surface area contributed by atoms with E-state index in [2.05, 4.69) is 21.2 Å². The molecular formula is C19H20BrNO3. The van der Waals surface area contributed by atoms with E-state index in [1.54, 1.807) is 0 Å². The van der Waals surface area contributed by atoms with Gasteiger partial charge in [0.1, 0.15) is 0 Å². The van der Waals surface area contributed by atoms with E-state index in [-0.39, 0.29) is 11.8 Å². The number of halogens is 1. The summed E-state index contributed by atoms with van der Waals surface area (Å²) < 4.78 is 12.3. The first-order valence-electron chi connectivity index (χ1n) is 8.11. The molecule has 0 radical (unpaired) electrons. The first-order chi connectivity index (χ1) is 11.6. The van der Waals surface area contributed by atoms with Crippen LogP contribution in [0.5, 0.6) is 11.5 Å². The standard InChI is InChI=1S/C19H20BrNO3/c1-3-23-17-8-5-12(10-18(17)24-4-2)9-15-14-11-13(20)6-7-16(14)21-19(15)22/h5-8,10-11,15H,3-4,9H2,1-2H3,(H,21,22)/t15-/m1/s1. The van der Waals surface area contributed by atoms with Crippen molar-refractivity contribution in [3.8, 4) is 11.5 Å². The minimum absolute atomic E-state index is 0.0370. The van der Waals surface area contributed by atoms with Gasteiger partial charge in [-0.05, 0) is 61.7 Å². The van der Waals surface area contributed by atoms with Crippen LogP contribution in [0.15, 0.2) is 40.9 Å². The second kappa shape index (κ2) is 7.26. The molecule has 2 aromatic carbocycles. The first kappa shape index (κ1) is 16.8. The third kappa shape index (κ3) is 3.41. The van der Waals surface area contributed by atoms with Gasteiger partial charge in [-0.3, -0.25) is 4.79 Å². The van der Waals surface area contributed by atoms with Gasteiger partial charge < -0.3 is 14.8 Å². The molecule has 2 aromatic rings. The lowest BCUT2D eigenvalue weighted by atomic mass is 9.93. The summed E-state index contributed by atoms with van der Waals surface area (Å²) in [5.74, 6) is 1.31. The molecule has 0 aromatic heterocycles. The Morgan fingerprint density at radius 2 is 1.79 bits per heavy atom. The smallest absolute Gasteiger partial charge is 0.232 e. The van der Waals surface area contributed by atoms with Crippen molar-refractivity contribution in [2.24, 2.45) is 0 Å². The fraction of sp³-hybridized carbons (Fsp3) is 0.316. The number of nitrogens with one attached hydrogen (secondary N) is 1. The second-order valence-electron chi connectivity index (χ2n) is 5.62. The van der Waals surface area contributed by atoms with E-state index in [9.17, 15) is 4.79 Å². The largest absolute Gasteiger partial charge is 0.490 e. The van der Waals surface area contributed by atoms with Crippen LogP contribution in [-0.4, -0.2) is 19.1 Å². The molecule has 0 saturated heterocycles. The van der Waals surface area contributed by atoms with E-state index in [0.717, 1.165) is 32.8 Å². The highest BCUT2D eigenvalue weighted by atomic mass is 79.9. The highest BCUT2D eigenvalue weighted by Crippen LogP contribution is 2.38. The van der Waals surface area contributed by atoms with E-state index in [0.29, 0.717) is 19.6 Å². The summed E-state index contributed by atoms with van der Waals surface area (Å²) in [5, 5.41) is 2.95. The van der Waals surface area contributed by atoms with E-state index in [1.807, 2.05) is 50.2 Å². The molecule has 3 rings (SSSR count). The van der Waals surface area contributed by atoms with Crippen molar-refractivity contribution in [1.29, 1.82) is 0 Å². The number of carbonyl (C=O) groups excluding carboxylic acids is 1. The molecule has 126 valence electrons. The molecule has 1 amide bonds. The molecule has 24 heavy (non-hydrogen) atoms. The van der Waals surface area contributed by atoms with Crippen molar-refractivity contribution < 1.29 is 14.3 Å². The zero-order valence-electron chi connectivity index (χ0n) is 13.8. The normalized spacial score (nSPS) is 15.8. The molecule has 1 N–H and O–H groups in total. The van der Waals surface area contributed by atoms with Crippen molar-refractivity contribution in [1.82, 2.24) is 0 Å². The van der Waals surface area contributed by atoms with Gasteiger partial charge in [-0.25, -0.2) is 0 Å². The van der Waals surface area contributed by atoms with Crippen LogP contribution < -0.4 is 14.8 Å². The third-order valence-corrected chi connectivity index (χ3v) is 4.50. The van der Waals surface area contributed by atoms with E-state index in [4.69, 9.17) is 9.47 Å². The lowest BCUT2D eigenvalue weighted by molar-refractivity contribution is -0.117. The van der Waals surface area contributed by atoms with Crippen LogP contribution in [0.1, 0.15) is 30.9 Å². The quantitative estimate of drug-likeness (QED) is 0.789. The minimum Gasteiger partial charge on any atom is -0.490 e. The lowest BCUT2D eigenvalue weighted by Crippen LogP contribution is -2.14. The summed E-state index contributed by atoms with van der Waals surface area (Å²) in [7, 11) is 0. The fourth-order valence-corrected chi connectivity index (χ4v) is 3.34. The van der Waals surface area contributed by atoms with Crippen LogP contribution in [0.25, 0.3) is 0 Å². The number of anilines is 1. The summed E-state index contributed by atoms with van der Waals surface area (Å²) in [6.45, 7) is 5.05. The number of hydrogen-bond donors (Lipinski definition) is 1. The predicted octanol–water partition coefficient (Wildman–Crippen LogP) is 4.52. The summed E-state index contributed by atoms with van der Waals surface area (Å²) in [4.78, 5) is 12.3. The van der Waals surface area contributed by atoms with Crippen LogP contribution >= 0.6 is 15.9 Å². The van der Waals surface area contributed by atoms with Crippen LogP contribution in [0.4, 0.5) is 5.69 Å². The summed E-state index contributed by atoms with van der Waals surface area (Å²) in [6.07, 6.45) is 0.627. The maximum Gasteiger partial charge on any atom is 0.232 e. The molecular weight excluding hydrogens is 370 g/mol. The fourth-order valence-electron chi connectivity index (χ4n) is 2.96. The number of benzene rings is 2. The molecule has 1 atom stereocenters. The van der Waals surface area contributed by atoms with Crippen molar-refractivity contribution in [3.63, 3.8) is 0 Å². The Morgan fingerprint density at radius 3 is 2.54 bits per heavy atom. The van der Waals surface area contributed by atoms with Crippen LogP contribution in [0.3, 0.4) is 0 Å². The van der Waals surface area contributed by atoms with E-state index < -0.39 is 0 Å². The Morgan fingerprint density at radius 1 is 1.04 bits per heavy atom.